The second kappa shape index (κ2) is 4.39. The van der Waals surface area contributed by atoms with Gasteiger partial charge in [0, 0.05) is 12.1 Å². The predicted molar refractivity (Wildman–Crippen MR) is 48.7 cm³/mol. The van der Waals surface area contributed by atoms with E-state index in [1.807, 2.05) is 0 Å². The van der Waals surface area contributed by atoms with E-state index >= 15 is 0 Å². The minimum absolute atomic E-state index is 0.0975. The van der Waals surface area contributed by atoms with Gasteiger partial charge in [-0.25, -0.2) is 9.37 Å². The van der Waals surface area contributed by atoms with Gasteiger partial charge < -0.3 is 10.5 Å². The van der Waals surface area contributed by atoms with Crippen LogP contribution in [0.3, 0.4) is 0 Å². The maximum atomic E-state index is 13.2. The van der Waals surface area contributed by atoms with Crippen LogP contribution in [0.15, 0.2) is 12.1 Å². The lowest BCUT2D eigenvalue weighted by molar-refractivity contribution is 0.325. The minimum atomic E-state index is -1.26. The van der Waals surface area contributed by atoms with Crippen molar-refractivity contribution in [2.45, 2.75) is 6.17 Å². The molecule has 2 N–H and O–H groups in total. The van der Waals surface area contributed by atoms with Crippen LogP contribution in [0, 0.1) is 0 Å². The van der Waals surface area contributed by atoms with Gasteiger partial charge in [0.05, 0.1) is 7.11 Å². The van der Waals surface area contributed by atoms with E-state index < -0.39 is 6.17 Å². The van der Waals surface area contributed by atoms with Gasteiger partial charge in [-0.1, -0.05) is 11.6 Å². The number of aromatic nitrogens is 1. The molecule has 0 bridgehead atoms. The average molecular weight is 205 g/mol. The fourth-order valence-electron chi connectivity index (χ4n) is 0.958. The number of hydrogen-bond donors (Lipinski definition) is 1. The summed E-state index contributed by atoms with van der Waals surface area (Å²) in [6.07, 6.45) is -1.26. The Bertz CT molecular complexity index is 295. The zero-order valence-electron chi connectivity index (χ0n) is 7.13. The molecule has 72 valence electrons. The third-order valence-corrected chi connectivity index (χ3v) is 1.80. The topological polar surface area (TPSA) is 48.1 Å². The molecule has 0 aromatic carbocycles. The van der Waals surface area contributed by atoms with E-state index in [-0.39, 0.29) is 17.6 Å². The van der Waals surface area contributed by atoms with Crippen molar-refractivity contribution in [2.24, 2.45) is 5.73 Å². The number of nitrogens with two attached hydrogens (primary N) is 1. The highest BCUT2D eigenvalue weighted by Crippen LogP contribution is 2.26. The first kappa shape index (κ1) is 10.2. The number of pyridine rings is 1. The van der Waals surface area contributed by atoms with Crippen molar-refractivity contribution >= 4 is 11.6 Å². The second-order valence-corrected chi connectivity index (χ2v) is 2.82. The van der Waals surface area contributed by atoms with Gasteiger partial charge in [0.2, 0.25) is 5.88 Å². The largest absolute Gasteiger partial charge is 0.481 e. The van der Waals surface area contributed by atoms with Crippen LogP contribution in [-0.4, -0.2) is 18.6 Å². The van der Waals surface area contributed by atoms with Crippen LogP contribution in [0.5, 0.6) is 5.88 Å². The quantitative estimate of drug-likeness (QED) is 0.763. The Hall–Kier alpha value is -0.870. The van der Waals surface area contributed by atoms with Crippen molar-refractivity contribution in [2.75, 3.05) is 13.7 Å². The van der Waals surface area contributed by atoms with Crippen molar-refractivity contribution < 1.29 is 9.13 Å². The predicted octanol–water partition coefficient (Wildman–Crippen LogP) is 1.71. The fourth-order valence-corrected chi connectivity index (χ4v) is 1.10. The molecule has 1 atom stereocenters. The summed E-state index contributed by atoms with van der Waals surface area (Å²) >= 11 is 5.60. The number of hydrogen-bond acceptors (Lipinski definition) is 3. The number of nitrogens with zero attached hydrogens (tertiary/aromatic N) is 1. The lowest BCUT2D eigenvalue weighted by Crippen LogP contribution is -2.09. The summed E-state index contributed by atoms with van der Waals surface area (Å²) in [7, 11) is 1.41. The molecule has 1 aromatic rings. The number of rotatable bonds is 3. The van der Waals surface area contributed by atoms with E-state index in [1.54, 1.807) is 0 Å². The van der Waals surface area contributed by atoms with Crippen molar-refractivity contribution in [3.63, 3.8) is 0 Å². The molecule has 0 spiro atoms. The van der Waals surface area contributed by atoms with Gasteiger partial charge in [0.15, 0.2) is 0 Å². The number of ether oxygens (including phenoxy) is 1. The van der Waals surface area contributed by atoms with Gasteiger partial charge in [0.25, 0.3) is 0 Å². The molecule has 13 heavy (non-hydrogen) atoms. The third-order valence-electron chi connectivity index (χ3n) is 1.59. The monoisotopic (exact) mass is 204 g/mol. The Morgan fingerprint density at radius 2 is 2.38 bits per heavy atom. The Morgan fingerprint density at radius 1 is 1.69 bits per heavy atom. The molecule has 0 fully saturated rings. The van der Waals surface area contributed by atoms with Crippen molar-refractivity contribution in [1.82, 2.24) is 4.98 Å². The van der Waals surface area contributed by atoms with Crippen LogP contribution < -0.4 is 10.5 Å². The van der Waals surface area contributed by atoms with Gasteiger partial charge in [-0.15, -0.1) is 0 Å². The third kappa shape index (κ3) is 2.29. The molecule has 0 saturated heterocycles. The molecule has 3 nitrogen and oxygen atoms in total. The Morgan fingerprint density at radius 3 is 2.92 bits per heavy atom. The van der Waals surface area contributed by atoms with Gasteiger partial charge in [0.1, 0.15) is 11.3 Å². The van der Waals surface area contributed by atoms with Crippen LogP contribution in [0.1, 0.15) is 11.7 Å². The Kier molecular flexibility index (Phi) is 3.45. The molecule has 0 aliphatic carbocycles. The highest BCUT2D eigenvalue weighted by Gasteiger charge is 2.14. The minimum Gasteiger partial charge on any atom is -0.481 e. The molecule has 1 rings (SSSR count). The van der Waals surface area contributed by atoms with E-state index in [0.717, 1.165) is 0 Å². The van der Waals surface area contributed by atoms with Crippen molar-refractivity contribution in [3.05, 3.63) is 22.8 Å². The Labute approximate surface area is 80.7 Å². The SMILES string of the molecule is COc1nc(Cl)ccc1C(F)CN. The standard InChI is InChI=1S/C8H10ClFN2O/c1-13-8-5(6(10)4-11)2-3-7(9)12-8/h2-3,6H,4,11H2,1H3. The van der Waals surface area contributed by atoms with Crippen LogP contribution in [-0.2, 0) is 0 Å². The summed E-state index contributed by atoms with van der Waals surface area (Å²) < 4.78 is 18.0. The van der Waals surface area contributed by atoms with E-state index in [4.69, 9.17) is 22.1 Å². The summed E-state index contributed by atoms with van der Waals surface area (Å²) in [6.45, 7) is -0.0975. The lowest BCUT2D eigenvalue weighted by Gasteiger charge is -2.09. The van der Waals surface area contributed by atoms with Crippen LogP contribution in [0.2, 0.25) is 5.15 Å². The maximum Gasteiger partial charge on any atom is 0.220 e. The van der Waals surface area contributed by atoms with Crippen molar-refractivity contribution in [3.8, 4) is 5.88 Å². The summed E-state index contributed by atoms with van der Waals surface area (Å²) in [5.41, 5.74) is 5.50. The maximum absolute atomic E-state index is 13.2. The van der Waals surface area contributed by atoms with Crippen LogP contribution in [0.4, 0.5) is 4.39 Å². The van der Waals surface area contributed by atoms with E-state index in [1.165, 1.54) is 19.2 Å². The van der Waals surface area contributed by atoms with Gasteiger partial charge >= 0.3 is 0 Å². The molecule has 1 heterocycles. The number of methoxy groups -OCH3 is 1. The first-order valence-corrected chi connectivity index (χ1v) is 4.11. The fraction of sp³-hybridized carbons (Fsp3) is 0.375. The zero-order chi connectivity index (χ0) is 9.84. The number of alkyl halides is 1. The van der Waals surface area contributed by atoms with Gasteiger partial charge in [-0.2, -0.15) is 0 Å². The van der Waals surface area contributed by atoms with Crippen molar-refractivity contribution in [1.29, 1.82) is 0 Å². The van der Waals surface area contributed by atoms with Gasteiger partial charge in [-0.3, -0.25) is 0 Å². The summed E-state index contributed by atoms with van der Waals surface area (Å²) in [4.78, 5) is 3.81. The highest BCUT2D eigenvalue weighted by atomic mass is 35.5. The average Bonchev–Trinajstić information content (AvgIpc) is 2.16. The second-order valence-electron chi connectivity index (χ2n) is 2.44. The molecule has 0 amide bonds. The molecule has 0 radical (unpaired) electrons. The van der Waals surface area contributed by atoms with E-state index in [2.05, 4.69) is 4.98 Å². The molecule has 1 unspecified atom stereocenters. The normalized spacial score (nSPS) is 12.6. The summed E-state index contributed by atoms with van der Waals surface area (Å²) in [5.74, 6) is 0.186. The summed E-state index contributed by atoms with van der Waals surface area (Å²) in [6, 6.07) is 3.02. The molecular weight excluding hydrogens is 195 g/mol. The van der Waals surface area contributed by atoms with Gasteiger partial charge in [-0.05, 0) is 12.1 Å². The van der Waals surface area contributed by atoms with E-state index in [9.17, 15) is 4.39 Å². The molecule has 1 aromatic heterocycles. The lowest BCUT2D eigenvalue weighted by atomic mass is 10.2. The molecule has 0 aliphatic heterocycles. The van der Waals surface area contributed by atoms with Crippen LogP contribution in [0.25, 0.3) is 0 Å². The zero-order valence-corrected chi connectivity index (χ0v) is 7.88. The highest BCUT2D eigenvalue weighted by molar-refractivity contribution is 6.29. The summed E-state index contributed by atoms with van der Waals surface area (Å²) in [5, 5.41) is 0.268. The number of halogens is 2. The first-order valence-electron chi connectivity index (χ1n) is 3.73. The Balaban J connectivity index is 3.05. The first-order chi connectivity index (χ1) is 6.19. The van der Waals surface area contributed by atoms with Crippen LogP contribution >= 0.6 is 11.6 Å². The van der Waals surface area contributed by atoms with E-state index in [0.29, 0.717) is 5.56 Å². The molecular formula is C8H10ClFN2O. The molecule has 0 saturated carbocycles. The smallest absolute Gasteiger partial charge is 0.220 e. The molecule has 0 aliphatic rings. The molecule has 5 heteroatoms.